The number of benzene rings is 2. The summed E-state index contributed by atoms with van der Waals surface area (Å²) in [5, 5.41) is 3.60. The van der Waals surface area contributed by atoms with Gasteiger partial charge in [-0.05, 0) is 36.8 Å². The molecule has 3 nitrogen and oxygen atoms in total. The van der Waals surface area contributed by atoms with Crippen LogP contribution in [0.2, 0.25) is 10.0 Å². The van der Waals surface area contributed by atoms with Gasteiger partial charge in [-0.15, -0.1) is 0 Å². The first-order valence-corrected chi connectivity index (χ1v) is 7.07. The lowest BCUT2D eigenvalue weighted by Gasteiger charge is -2.10. The Morgan fingerprint density at radius 3 is 2.24 bits per heavy atom. The summed E-state index contributed by atoms with van der Waals surface area (Å²) < 4.78 is 0. The van der Waals surface area contributed by atoms with E-state index in [0.717, 1.165) is 0 Å². The van der Waals surface area contributed by atoms with Crippen molar-refractivity contribution in [3.63, 3.8) is 0 Å². The Kier molecular flexibility index (Phi) is 4.99. The molecular formula is C16H13Cl2NO2. The second kappa shape index (κ2) is 6.74. The lowest BCUT2D eigenvalue weighted by molar-refractivity contribution is -0.115. The van der Waals surface area contributed by atoms with E-state index in [1.807, 2.05) is 0 Å². The number of para-hydroxylation sites is 1. The summed E-state index contributed by atoms with van der Waals surface area (Å²) in [7, 11) is 0. The van der Waals surface area contributed by atoms with Gasteiger partial charge < -0.3 is 5.32 Å². The molecule has 0 unspecified atom stereocenters. The van der Waals surface area contributed by atoms with Gasteiger partial charge >= 0.3 is 0 Å². The van der Waals surface area contributed by atoms with E-state index < -0.39 is 0 Å². The smallest absolute Gasteiger partial charge is 0.228 e. The summed E-state index contributed by atoms with van der Waals surface area (Å²) in [5.74, 6) is -0.389. The molecule has 2 aromatic carbocycles. The molecule has 0 aliphatic carbocycles. The van der Waals surface area contributed by atoms with Crippen molar-refractivity contribution in [3.8, 4) is 0 Å². The van der Waals surface area contributed by atoms with Crippen molar-refractivity contribution in [1.82, 2.24) is 0 Å². The van der Waals surface area contributed by atoms with E-state index in [4.69, 9.17) is 23.2 Å². The number of rotatable bonds is 4. The molecule has 0 aromatic heterocycles. The van der Waals surface area contributed by atoms with Crippen molar-refractivity contribution in [3.05, 3.63) is 63.6 Å². The summed E-state index contributed by atoms with van der Waals surface area (Å²) in [6, 6.07) is 11.9. The number of carbonyl (C=O) groups is 2. The van der Waals surface area contributed by atoms with Crippen LogP contribution in [0.3, 0.4) is 0 Å². The Hall–Kier alpha value is -1.84. The standard InChI is InChI=1S/C16H13Cl2NO2/c1-10(20)11-5-2-3-8-15(11)19-16(21)9-12-13(17)6-4-7-14(12)18/h2-8H,9H2,1H3,(H,19,21). The molecule has 0 radical (unpaired) electrons. The Labute approximate surface area is 132 Å². The highest BCUT2D eigenvalue weighted by Crippen LogP contribution is 2.25. The number of hydrogen-bond acceptors (Lipinski definition) is 2. The van der Waals surface area contributed by atoms with Gasteiger partial charge in [0.2, 0.25) is 5.91 Å². The molecule has 0 saturated carbocycles. The first kappa shape index (κ1) is 15.5. The molecule has 1 amide bonds. The van der Waals surface area contributed by atoms with Gasteiger partial charge in [-0.2, -0.15) is 0 Å². The molecule has 1 N–H and O–H groups in total. The van der Waals surface area contributed by atoms with E-state index in [-0.39, 0.29) is 18.1 Å². The zero-order chi connectivity index (χ0) is 15.4. The minimum atomic E-state index is -0.279. The number of Topliss-reactive ketones (excluding diaryl/α,β-unsaturated/α-hetero) is 1. The quantitative estimate of drug-likeness (QED) is 0.849. The molecule has 0 aliphatic rings. The van der Waals surface area contributed by atoms with Crippen molar-refractivity contribution in [2.24, 2.45) is 0 Å². The molecule has 0 bridgehead atoms. The zero-order valence-electron chi connectivity index (χ0n) is 11.3. The number of anilines is 1. The van der Waals surface area contributed by atoms with Crippen LogP contribution in [0.25, 0.3) is 0 Å². The average molecular weight is 322 g/mol. The summed E-state index contributed by atoms with van der Waals surface area (Å²) in [6.45, 7) is 1.45. The van der Waals surface area contributed by atoms with Gasteiger partial charge in [-0.25, -0.2) is 0 Å². The molecule has 5 heteroatoms. The van der Waals surface area contributed by atoms with Gasteiger partial charge in [-0.1, -0.05) is 41.4 Å². The molecule has 0 atom stereocenters. The fraction of sp³-hybridized carbons (Fsp3) is 0.125. The number of carbonyl (C=O) groups excluding carboxylic acids is 2. The maximum absolute atomic E-state index is 12.1. The topological polar surface area (TPSA) is 46.2 Å². The molecule has 0 spiro atoms. The highest BCUT2D eigenvalue weighted by Gasteiger charge is 2.13. The average Bonchev–Trinajstić information content (AvgIpc) is 2.43. The van der Waals surface area contributed by atoms with Crippen LogP contribution in [0.5, 0.6) is 0 Å². The van der Waals surface area contributed by atoms with Crippen molar-refractivity contribution in [2.75, 3.05) is 5.32 Å². The summed E-state index contributed by atoms with van der Waals surface area (Å²) >= 11 is 12.1. The SMILES string of the molecule is CC(=O)c1ccccc1NC(=O)Cc1c(Cl)cccc1Cl. The van der Waals surface area contributed by atoms with Crippen LogP contribution in [-0.4, -0.2) is 11.7 Å². The Bertz CT molecular complexity index is 678. The zero-order valence-corrected chi connectivity index (χ0v) is 12.8. The number of ketones is 1. The minimum absolute atomic E-state index is 0.0464. The molecule has 0 heterocycles. The largest absolute Gasteiger partial charge is 0.325 e. The van der Waals surface area contributed by atoms with Crippen LogP contribution in [0.4, 0.5) is 5.69 Å². The van der Waals surface area contributed by atoms with Crippen molar-refractivity contribution in [2.45, 2.75) is 13.3 Å². The summed E-state index contributed by atoms with van der Waals surface area (Å²) in [6.07, 6.45) is 0.0464. The lowest BCUT2D eigenvalue weighted by Crippen LogP contribution is -2.16. The van der Waals surface area contributed by atoms with E-state index >= 15 is 0 Å². The maximum atomic E-state index is 12.1. The summed E-state index contributed by atoms with van der Waals surface area (Å²) in [5.41, 5.74) is 1.52. The highest BCUT2D eigenvalue weighted by molar-refractivity contribution is 6.36. The number of halogens is 2. The monoisotopic (exact) mass is 321 g/mol. The Morgan fingerprint density at radius 2 is 1.62 bits per heavy atom. The van der Waals surface area contributed by atoms with Crippen LogP contribution < -0.4 is 5.32 Å². The Morgan fingerprint density at radius 1 is 1.00 bits per heavy atom. The molecule has 0 saturated heterocycles. The fourth-order valence-electron chi connectivity index (χ4n) is 1.96. The van der Waals surface area contributed by atoms with Crippen LogP contribution in [0, 0.1) is 0 Å². The van der Waals surface area contributed by atoms with Crippen molar-refractivity contribution in [1.29, 1.82) is 0 Å². The predicted octanol–water partition coefficient (Wildman–Crippen LogP) is 4.38. The first-order chi connectivity index (χ1) is 9.99. The molecule has 2 rings (SSSR count). The molecule has 0 aliphatic heterocycles. The van der Waals surface area contributed by atoms with Crippen LogP contribution >= 0.6 is 23.2 Å². The van der Waals surface area contributed by atoms with Crippen LogP contribution in [0.1, 0.15) is 22.8 Å². The van der Waals surface area contributed by atoms with Crippen molar-refractivity contribution < 1.29 is 9.59 Å². The maximum Gasteiger partial charge on any atom is 0.228 e. The third-order valence-electron chi connectivity index (χ3n) is 2.98. The molecular weight excluding hydrogens is 309 g/mol. The van der Waals surface area contributed by atoms with Gasteiger partial charge in [0.15, 0.2) is 5.78 Å². The fourth-order valence-corrected chi connectivity index (χ4v) is 2.49. The van der Waals surface area contributed by atoms with Crippen LogP contribution in [-0.2, 0) is 11.2 Å². The van der Waals surface area contributed by atoms with Gasteiger partial charge in [0.1, 0.15) is 0 Å². The predicted molar refractivity (Wildman–Crippen MR) is 85.2 cm³/mol. The number of hydrogen-bond donors (Lipinski definition) is 1. The van der Waals surface area contributed by atoms with E-state index in [0.29, 0.717) is 26.9 Å². The van der Waals surface area contributed by atoms with E-state index in [9.17, 15) is 9.59 Å². The summed E-state index contributed by atoms with van der Waals surface area (Å²) in [4.78, 5) is 23.6. The Balaban J connectivity index is 2.18. The van der Waals surface area contributed by atoms with E-state index in [1.165, 1.54) is 6.92 Å². The van der Waals surface area contributed by atoms with Gasteiger partial charge in [0.25, 0.3) is 0 Å². The van der Waals surface area contributed by atoms with E-state index in [2.05, 4.69) is 5.32 Å². The third-order valence-corrected chi connectivity index (χ3v) is 3.69. The van der Waals surface area contributed by atoms with Crippen LogP contribution in [0.15, 0.2) is 42.5 Å². The van der Waals surface area contributed by atoms with E-state index in [1.54, 1.807) is 42.5 Å². The molecule has 0 fully saturated rings. The second-order valence-corrected chi connectivity index (χ2v) is 5.34. The lowest BCUT2D eigenvalue weighted by atomic mass is 10.1. The molecule has 21 heavy (non-hydrogen) atoms. The normalized spacial score (nSPS) is 10.2. The number of amides is 1. The van der Waals surface area contributed by atoms with Crippen molar-refractivity contribution >= 4 is 40.6 Å². The molecule has 108 valence electrons. The van der Waals surface area contributed by atoms with Gasteiger partial charge in [0.05, 0.1) is 12.1 Å². The number of nitrogens with one attached hydrogen (secondary N) is 1. The molecule has 2 aromatic rings. The minimum Gasteiger partial charge on any atom is -0.325 e. The third kappa shape index (κ3) is 3.84. The first-order valence-electron chi connectivity index (χ1n) is 6.31. The van der Waals surface area contributed by atoms with Gasteiger partial charge in [0, 0.05) is 15.6 Å². The van der Waals surface area contributed by atoms with Gasteiger partial charge in [-0.3, -0.25) is 9.59 Å². The second-order valence-electron chi connectivity index (χ2n) is 4.53. The highest BCUT2D eigenvalue weighted by atomic mass is 35.5.